The van der Waals surface area contributed by atoms with E-state index in [2.05, 4.69) is 9.72 Å². The second-order valence-corrected chi connectivity index (χ2v) is 4.56. The normalized spacial score (nSPS) is 10.3. The SMILES string of the molecule is COC(=O)c1cccc(Sc2nc(C)co2)c1N. The standard InChI is InChI=1S/C12H12N2O3S/c1-7-6-17-12(14-7)18-9-5-3-4-8(10(9)13)11(15)16-2/h3-6H,13H2,1-2H3. The Labute approximate surface area is 108 Å². The number of aromatic nitrogens is 1. The molecule has 0 bridgehead atoms. The van der Waals surface area contributed by atoms with Crippen LogP contribution in [0, 0.1) is 6.92 Å². The summed E-state index contributed by atoms with van der Waals surface area (Å²) in [5, 5.41) is 0.487. The minimum Gasteiger partial charge on any atom is -0.465 e. The van der Waals surface area contributed by atoms with Crippen molar-refractivity contribution in [2.24, 2.45) is 0 Å². The Kier molecular flexibility index (Phi) is 3.57. The molecule has 1 heterocycles. The van der Waals surface area contributed by atoms with Gasteiger partial charge >= 0.3 is 5.97 Å². The van der Waals surface area contributed by atoms with Crippen LogP contribution in [0.25, 0.3) is 0 Å². The van der Waals surface area contributed by atoms with Gasteiger partial charge in [-0.2, -0.15) is 0 Å². The molecule has 1 aromatic carbocycles. The maximum atomic E-state index is 11.5. The van der Waals surface area contributed by atoms with Crippen LogP contribution in [-0.2, 0) is 4.74 Å². The number of carbonyl (C=O) groups is 1. The van der Waals surface area contributed by atoms with Crippen molar-refractivity contribution < 1.29 is 13.9 Å². The first-order chi connectivity index (χ1) is 8.61. The minimum absolute atomic E-state index is 0.339. The molecule has 2 N–H and O–H groups in total. The Morgan fingerprint density at radius 3 is 2.89 bits per heavy atom. The van der Waals surface area contributed by atoms with Crippen LogP contribution in [0.2, 0.25) is 0 Å². The fourth-order valence-electron chi connectivity index (χ4n) is 1.39. The number of rotatable bonds is 3. The number of benzene rings is 1. The van der Waals surface area contributed by atoms with E-state index in [1.807, 2.05) is 6.92 Å². The van der Waals surface area contributed by atoms with E-state index in [1.54, 1.807) is 24.5 Å². The van der Waals surface area contributed by atoms with Gasteiger partial charge in [0.1, 0.15) is 6.26 Å². The van der Waals surface area contributed by atoms with E-state index in [4.69, 9.17) is 10.2 Å². The molecule has 0 atom stereocenters. The summed E-state index contributed by atoms with van der Waals surface area (Å²) in [4.78, 5) is 16.4. The Hall–Kier alpha value is -1.95. The minimum atomic E-state index is -0.460. The Bertz CT molecular complexity index is 580. The predicted molar refractivity (Wildman–Crippen MR) is 67.6 cm³/mol. The molecule has 0 fully saturated rings. The summed E-state index contributed by atoms with van der Waals surface area (Å²) < 4.78 is 9.89. The molecule has 5 nitrogen and oxygen atoms in total. The number of anilines is 1. The van der Waals surface area contributed by atoms with Gasteiger partial charge in [0.05, 0.1) is 24.1 Å². The summed E-state index contributed by atoms with van der Waals surface area (Å²) in [5.74, 6) is -0.460. The largest absolute Gasteiger partial charge is 0.465 e. The fraction of sp³-hybridized carbons (Fsp3) is 0.167. The molecule has 6 heteroatoms. The molecular weight excluding hydrogens is 252 g/mol. The first-order valence-electron chi connectivity index (χ1n) is 5.18. The van der Waals surface area contributed by atoms with Crippen molar-refractivity contribution in [1.82, 2.24) is 4.98 Å². The molecule has 1 aromatic heterocycles. The van der Waals surface area contributed by atoms with Crippen LogP contribution >= 0.6 is 11.8 Å². The van der Waals surface area contributed by atoms with E-state index in [0.29, 0.717) is 21.4 Å². The topological polar surface area (TPSA) is 78.3 Å². The van der Waals surface area contributed by atoms with Crippen molar-refractivity contribution >= 4 is 23.4 Å². The van der Waals surface area contributed by atoms with Gasteiger partial charge in [-0.25, -0.2) is 9.78 Å². The number of carbonyl (C=O) groups excluding carboxylic acids is 1. The molecule has 0 aliphatic heterocycles. The summed E-state index contributed by atoms with van der Waals surface area (Å²) in [6.45, 7) is 1.84. The lowest BCUT2D eigenvalue weighted by atomic mass is 10.2. The van der Waals surface area contributed by atoms with Crippen LogP contribution in [0.5, 0.6) is 0 Å². The average molecular weight is 264 g/mol. The average Bonchev–Trinajstić information content (AvgIpc) is 2.76. The molecule has 0 saturated carbocycles. The van der Waals surface area contributed by atoms with Gasteiger partial charge in [-0.1, -0.05) is 6.07 Å². The molecule has 0 unspecified atom stereocenters. The second kappa shape index (κ2) is 5.14. The maximum absolute atomic E-state index is 11.5. The molecule has 0 spiro atoms. The number of esters is 1. The van der Waals surface area contributed by atoms with E-state index >= 15 is 0 Å². The monoisotopic (exact) mass is 264 g/mol. The molecular formula is C12H12N2O3S. The molecule has 2 aromatic rings. The van der Waals surface area contributed by atoms with E-state index in [0.717, 1.165) is 5.69 Å². The molecule has 94 valence electrons. The number of aryl methyl sites for hydroxylation is 1. The summed E-state index contributed by atoms with van der Waals surface area (Å²) >= 11 is 1.27. The molecule has 0 amide bonds. The molecule has 0 aliphatic carbocycles. The van der Waals surface area contributed by atoms with Gasteiger partial charge in [-0.15, -0.1) is 0 Å². The summed E-state index contributed by atoms with van der Waals surface area (Å²) in [7, 11) is 1.32. The van der Waals surface area contributed by atoms with E-state index in [-0.39, 0.29) is 0 Å². The molecule has 0 aliphatic rings. The number of nitrogens with zero attached hydrogens (tertiary/aromatic N) is 1. The zero-order chi connectivity index (χ0) is 13.1. The second-order valence-electron chi connectivity index (χ2n) is 3.57. The van der Waals surface area contributed by atoms with Crippen LogP contribution in [0.3, 0.4) is 0 Å². The quantitative estimate of drug-likeness (QED) is 0.678. The Morgan fingerprint density at radius 1 is 1.50 bits per heavy atom. The lowest BCUT2D eigenvalue weighted by Gasteiger charge is -2.07. The molecule has 18 heavy (non-hydrogen) atoms. The highest BCUT2D eigenvalue weighted by Gasteiger charge is 2.14. The van der Waals surface area contributed by atoms with Crippen LogP contribution in [-0.4, -0.2) is 18.1 Å². The highest BCUT2D eigenvalue weighted by molar-refractivity contribution is 7.99. The van der Waals surface area contributed by atoms with Crippen LogP contribution in [0.4, 0.5) is 5.69 Å². The third kappa shape index (κ3) is 2.48. The van der Waals surface area contributed by atoms with Gasteiger partial charge in [-0.05, 0) is 30.8 Å². The number of nitrogen functional groups attached to an aromatic ring is 1. The van der Waals surface area contributed by atoms with Gasteiger partial charge in [-0.3, -0.25) is 0 Å². The number of oxazole rings is 1. The smallest absolute Gasteiger partial charge is 0.339 e. The zero-order valence-corrected chi connectivity index (χ0v) is 10.8. The maximum Gasteiger partial charge on any atom is 0.339 e. The number of methoxy groups -OCH3 is 1. The molecule has 0 radical (unpaired) electrons. The van der Waals surface area contributed by atoms with Crippen molar-refractivity contribution in [3.05, 3.63) is 35.7 Å². The lowest BCUT2D eigenvalue weighted by molar-refractivity contribution is 0.0601. The highest BCUT2D eigenvalue weighted by Crippen LogP contribution is 2.33. The third-order valence-electron chi connectivity index (χ3n) is 2.27. The van der Waals surface area contributed by atoms with Gasteiger partial charge in [0.2, 0.25) is 0 Å². The van der Waals surface area contributed by atoms with Gasteiger partial charge < -0.3 is 14.9 Å². The third-order valence-corrected chi connectivity index (χ3v) is 3.20. The fourth-order valence-corrected chi connectivity index (χ4v) is 2.23. The zero-order valence-electron chi connectivity index (χ0n) is 9.97. The first-order valence-corrected chi connectivity index (χ1v) is 6.00. The van der Waals surface area contributed by atoms with Crippen LogP contribution < -0.4 is 5.73 Å². The van der Waals surface area contributed by atoms with E-state index in [1.165, 1.54) is 18.9 Å². The van der Waals surface area contributed by atoms with Crippen LogP contribution in [0.1, 0.15) is 16.1 Å². The number of ether oxygens (including phenoxy) is 1. The van der Waals surface area contributed by atoms with E-state index in [9.17, 15) is 4.79 Å². The number of hydrogen-bond donors (Lipinski definition) is 1. The highest BCUT2D eigenvalue weighted by atomic mass is 32.2. The van der Waals surface area contributed by atoms with Gasteiger partial charge in [0.15, 0.2) is 0 Å². The van der Waals surface area contributed by atoms with Crippen molar-refractivity contribution in [3.63, 3.8) is 0 Å². The number of nitrogens with two attached hydrogens (primary N) is 1. The molecule has 2 rings (SSSR count). The van der Waals surface area contributed by atoms with Crippen molar-refractivity contribution in [3.8, 4) is 0 Å². The van der Waals surface area contributed by atoms with Crippen molar-refractivity contribution in [1.29, 1.82) is 0 Å². The van der Waals surface area contributed by atoms with Gasteiger partial charge in [0, 0.05) is 4.90 Å². The van der Waals surface area contributed by atoms with Crippen molar-refractivity contribution in [2.45, 2.75) is 17.0 Å². The predicted octanol–water partition coefficient (Wildman–Crippen LogP) is 2.50. The summed E-state index contributed by atoms with van der Waals surface area (Å²) in [6.07, 6.45) is 1.56. The van der Waals surface area contributed by atoms with Crippen LogP contribution in [0.15, 0.2) is 39.0 Å². The molecule has 0 saturated heterocycles. The first kappa shape index (κ1) is 12.5. The Morgan fingerprint density at radius 2 is 2.28 bits per heavy atom. The number of hydrogen-bond acceptors (Lipinski definition) is 6. The van der Waals surface area contributed by atoms with Gasteiger partial charge in [0.25, 0.3) is 5.22 Å². The van der Waals surface area contributed by atoms with E-state index < -0.39 is 5.97 Å². The summed E-state index contributed by atoms with van der Waals surface area (Å²) in [5.41, 5.74) is 7.42. The Balaban J connectivity index is 2.31. The summed E-state index contributed by atoms with van der Waals surface area (Å²) in [6, 6.07) is 5.15. The van der Waals surface area contributed by atoms with Crippen molar-refractivity contribution in [2.75, 3.05) is 12.8 Å². The lowest BCUT2D eigenvalue weighted by Crippen LogP contribution is -2.06. The number of para-hydroxylation sites is 1.